The molecule has 0 bridgehead atoms. The molecule has 1 aliphatic heterocycles. The third-order valence-corrected chi connectivity index (χ3v) is 2.92. The minimum absolute atomic E-state index is 0.210. The van der Waals surface area contributed by atoms with Gasteiger partial charge in [0, 0.05) is 19.5 Å². The Morgan fingerprint density at radius 3 is 3.12 bits per heavy atom. The van der Waals surface area contributed by atoms with Gasteiger partial charge in [0.05, 0.1) is 6.10 Å². The van der Waals surface area contributed by atoms with Crippen LogP contribution < -0.4 is 5.32 Å². The van der Waals surface area contributed by atoms with Crippen LogP contribution in [0.1, 0.15) is 31.4 Å². The lowest BCUT2D eigenvalue weighted by Crippen LogP contribution is -2.24. The van der Waals surface area contributed by atoms with Crippen molar-refractivity contribution in [1.29, 1.82) is 0 Å². The fraction of sp³-hybridized carbons (Fsp3) is 0.818. The molecule has 2 heterocycles. The maximum Gasteiger partial charge on any atom is 0.159 e. The van der Waals surface area contributed by atoms with Crippen LogP contribution in [-0.4, -0.2) is 34.5 Å². The number of hydrogen-bond acceptors (Lipinski definition) is 4. The summed E-state index contributed by atoms with van der Waals surface area (Å²) in [6.07, 6.45) is 3.72. The number of fused-ring (bicyclic) bond motifs is 1. The number of likely N-dealkylation sites (N-methyl/N-ethyl adjacent to an activating group) is 1. The van der Waals surface area contributed by atoms with Gasteiger partial charge in [0.1, 0.15) is 12.4 Å². The predicted octanol–water partition coefficient (Wildman–Crippen LogP) is 0.739. The van der Waals surface area contributed by atoms with Crippen LogP contribution in [-0.2, 0) is 24.3 Å². The van der Waals surface area contributed by atoms with Crippen LogP contribution in [0, 0.1) is 0 Å². The summed E-state index contributed by atoms with van der Waals surface area (Å²) in [5, 5.41) is 11.5. The summed E-state index contributed by atoms with van der Waals surface area (Å²) >= 11 is 0. The molecular formula is C11H20N4O. The first kappa shape index (κ1) is 11.5. The molecule has 5 heteroatoms. The number of nitrogens with zero attached hydrogens (tertiary/aromatic N) is 3. The first-order valence-corrected chi connectivity index (χ1v) is 5.98. The highest BCUT2D eigenvalue weighted by molar-refractivity contribution is 4.97. The first-order chi connectivity index (χ1) is 7.81. The van der Waals surface area contributed by atoms with Crippen LogP contribution in [0.4, 0.5) is 0 Å². The smallest absolute Gasteiger partial charge is 0.159 e. The number of aromatic nitrogens is 3. The average molecular weight is 224 g/mol. The SMILES string of the molecule is CNCC(C)OCc1nnc2n1CCCC2. The summed E-state index contributed by atoms with van der Waals surface area (Å²) in [5.41, 5.74) is 0. The van der Waals surface area contributed by atoms with E-state index in [2.05, 4.69) is 27.0 Å². The second-order valence-electron chi connectivity index (χ2n) is 4.32. The van der Waals surface area contributed by atoms with Gasteiger partial charge >= 0.3 is 0 Å². The second-order valence-corrected chi connectivity index (χ2v) is 4.32. The third-order valence-electron chi connectivity index (χ3n) is 2.92. The summed E-state index contributed by atoms with van der Waals surface area (Å²) in [6, 6.07) is 0. The van der Waals surface area contributed by atoms with Crippen LogP contribution in [0.2, 0.25) is 0 Å². The van der Waals surface area contributed by atoms with Crippen molar-refractivity contribution in [3.63, 3.8) is 0 Å². The number of rotatable bonds is 5. The lowest BCUT2D eigenvalue weighted by molar-refractivity contribution is 0.0482. The summed E-state index contributed by atoms with van der Waals surface area (Å²) in [5.74, 6) is 2.09. The summed E-state index contributed by atoms with van der Waals surface area (Å²) in [7, 11) is 1.93. The molecule has 1 aliphatic rings. The Morgan fingerprint density at radius 2 is 2.31 bits per heavy atom. The lowest BCUT2D eigenvalue weighted by Gasteiger charge is -2.16. The van der Waals surface area contributed by atoms with E-state index >= 15 is 0 Å². The van der Waals surface area contributed by atoms with Gasteiger partial charge in [-0.2, -0.15) is 0 Å². The van der Waals surface area contributed by atoms with E-state index in [1.807, 2.05) is 7.05 Å². The van der Waals surface area contributed by atoms with E-state index < -0.39 is 0 Å². The minimum atomic E-state index is 0.210. The van der Waals surface area contributed by atoms with Gasteiger partial charge in [0.25, 0.3) is 0 Å². The van der Waals surface area contributed by atoms with E-state index in [4.69, 9.17) is 4.74 Å². The van der Waals surface area contributed by atoms with Crippen LogP contribution in [0.15, 0.2) is 0 Å². The maximum absolute atomic E-state index is 5.71. The summed E-state index contributed by atoms with van der Waals surface area (Å²) < 4.78 is 7.91. The van der Waals surface area contributed by atoms with Gasteiger partial charge in [-0.1, -0.05) is 0 Å². The van der Waals surface area contributed by atoms with Crippen molar-refractivity contribution in [1.82, 2.24) is 20.1 Å². The standard InChI is InChI=1S/C11H20N4O/c1-9(7-12-2)16-8-11-14-13-10-5-3-4-6-15(10)11/h9,12H,3-8H2,1-2H3. The predicted molar refractivity (Wildman–Crippen MR) is 61.1 cm³/mol. The molecule has 2 rings (SSSR count). The van der Waals surface area contributed by atoms with Crippen LogP contribution in [0.3, 0.4) is 0 Å². The normalized spacial score (nSPS) is 17.1. The number of nitrogens with one attached hydrogen (secondary N) is 1. The van der Waals surface area contributed by atoms with E-state index in [1.165, 1.54) is 12.8 Å². The van der Waals surface area contributed by atoms with E-state index in [0.29, 0.717) is 6.61 Å². The number of hydrogen-bond donors (Lipinski definition) is 1. The van der Waals surface area contributed by atoms with Crippen molar-refractivity contribution in [2.45, 2.75) is 45.4 Å². The monoisotopic (exact) mass is 224 g/mol. The molecule has 1 N–H and O–H groups in total. The maximum atomic E-state index is 5.71. The Labute approximate surface area is 96.2 Å². The second kappa shape index (κ2) is 5.41. The zero-order valence-electron chi connectivity index (χ0n) is 10.1. The molecule has 0 fully saturated rings. The molecule has 0 spiro atoms. The highest BCUT2D eigenvalue weighted by Crippen LogP contribution is 2.14. The Bertz CT molecular complexity index is 337. The molecule has 1 unspecified atom stereocenters. The molecular weight excluding hydrogens is 204 g/mol. The van der Waals surface area contributed by atoms with Crippen LogP contribution in [0.25, 0.3) is 0 Å². The largest absolute Gasteiger partial charge is 0.369 e. The highest BCUT2D eigenvalue weighted by Gasteiger charge is 2.16. The number of ether oxygens (including phenoxy) is 1. The first-order valence-electron chi connectivity index (χ1n) is 5.98. The quantitative estimate of drug-likeness (QED) is 0.801. The van der Waals surface area contributed by atoms with Crippen molar-refractivity contribution in [2.24, 2.45) is 0 Å². The topological polar surface area (TPSA) is 52.0 Å². The molecule has 16 heavy (non-hydrogen) atoms. The molecule has 0 radical (unpaired) electrons. The van der Waals surface area contributed by atoms with Gasteiger partial charge < -0.3 is 14.6 Å². The molecule has 0 aliphatic carbocycles. The van der Waals surface area contributed by atoms with E-state index in [-0.39, 0.29) is 6.10 Å². The summed E-state index contributed by atoms with van der Waals surface area (Å²) in [6.45, 7) is 4.53. The molecule has 1 aromatic rings. The molecule has 1 aromatic heterocycles. The summed E-state index contributed by atoms with van der Waals surface area (Å²) in [4.78, 5) is 0. The Kier molecular flexibility index (Phi) is 3.90. The van der Waals surface area contributed by atoms with Gasteiger partial charge in [-0.05, 0) is 26.8 Å². The van der Waals surface area contributed by atoms with Gasteiger partial charge in [-0.25, -0.2) is 0 Å². The van der Waals surface area contributed by atoms with Gasteiger partial charge in [-0.15, -0.1) is 10.2 Å². The minimum Gasteiger partial charge on any atom is -0.369 e. The van der Waals surface area contributed by atoms with Crippen molar-refractivity contribution in [3.05, 3.63) is 11.6 Å². The molecule has 90 valence electrons. The highest BCUT2D eigenvalue weighted by atomic mass is 16.5. The molecule has 1 atom stereocenters. The molecule has 0 saturated heterocycles. The molecule has 0 saturated carbocycles. The Balaban J connectivity index is 1.92. The van der Waals surface area contributed by atoms with E-state index in [0.717, 1.165) is 31.2 Å². The molecule has 0 amide bonds. The average Bonchev–Trinajstić information content (AvgIpc) is 2.70. The fourth-order valence-electron chi connectivity index (χ4n) is 2.04. The van der Waals surface area contributed by atoms with Gasteiger partial charge in [0.2, 0.25) is 0 Å². The van der Waals surface area contributed by atoms with Gasteiger partial charge in [0.15, 0.2) is 5.82 Å². The van der Waals surface area contributed by atoms with Crippen molar-refractivity contribution >= 4 is 0 Å². The van der Waals surface area contributed by atoms with E-state index in [9.17, 15) is 0 Å². The Hall–Kier alpha value is -0.940. The zero-order valence-corrected chi connectivity index (χ0v) is 10.1. The molecule has 5 nitrogen and oxygen atoms in total. The van der Waals surface area contributed by atoms with Crippen molar-refractivity contribution in [3.8, 4) is 0 Å². The van der Waals surface area contributed by atoms with E-state index in [1.54, 1.807) is 0 Å². The third kappa shape index (κ3) is 2.59. The van der Waals surface area contributed by atoms with Crippen LogP contribution >= 0.6 is 0 Å². The van der Waals surface area contributed by atoms with Crippen molar-refractivity contribution in [2.75, 3.05) is 13.6 Å². The van der Waals surface area contributed by atoms with Gasteiger partial charge in [-0.3, -0.25) is 0 Å². The number of aryl methyl sites for hydroxylation is 1. The zero-order chi connectivity index (χ0) is 11.4. The lowest BCUT2D eigenvalue weighted by atomic mass is 10.2. The van der Waals surface area contributed by atoms with Crippen LogP contribution in [0.5, 0.6) is 0 Å². The van der Waals surface area contributed by atoms with Crippen molar-refractivity contribution < 1.29 is 4.74 Å². The Morgan fingerprint density at radius 1 is 1.44 bits per heavy atom. The molecule has 0 aromatic carbocycles. The fourth-order valence-corrected chi connectivity index (χ4v) is 2.04.